The van der Waals surface area contributed by atoms with Gasteiger partial charge in [0.15, 0.2) is 10.9 Å². The highest BCUT2D eigenvalue weighted by atomic mass is 32.2. The van der Waals surface area contributed by atoms with Crippen LogP contribution in [0.2, 0.25) is 0 Å². The van der Waals surface area contributed by atoms with Gasteiger partial charge < -0.3 is 9.88 Å². The quantitative estimate of drug-likeness (QED) is 0.287. The molecule has 3 aromatic carbocycles. The molecule has 1 amide bonds. The first-order valence-electron chi connectivity index (χ1n) is 10.9. The van der Waals surface area contributed by atoms with E-state index in [1.807, 2.05) is 30.7 Å². The van der Waals surface area contributed by atoms with Crippen LogP contribution in [0, 0.1) is 0 Å². The summed E-state index contributed by atoms with van der Waals surface area (Å²) in [6.07, 6.45) is 1.31. The van der Waals surface area contributed by atoms with Crippen molar-refractivity contribution in [3.63, 3.8) is 0 Å². The summed E-state index contributed by atoms with van der Waals surface area (Å²) in [5.74, 6) is 0.747. The molecule has 33 heavy (non-hydrogen) atoms. The molecule has 0 radical (unpaired) electrons. The van der Waals surface area contributed by atoms with Crippen LogP contribution in [0.1, 0.15) is 42.0 Å². The Kier molecular flexibility index (Phi) is 6.89. The molecule has 168 valence electrons. The molecule has 0 saturated carbocycles. The summed E-state index contributed by atoms with van der Waals surface area (Å²) >= 11 is 1.41. The lowest BCUT2D eigenvalue weighted by Gasteiger charge is -2.14. The minimum atomic E-state index is -0.314. The fourth-order valence-corrected chi connectivity index (χ4v) is 4.62. The Labute approximate surface area is 197 Å². The van der Waals surface area contributed by atoms with Crippen molar-refractivity contribution in [2.24, 2.45) is 7.05 Å². The summed E-state index contributed by atoms with van der Waals surface area (Å²) < 4.78 is 1.96. The van der Waals surface area contributed by atoms with Crippen molar-refractivity contribution in [1.29, 1.82) is 0 Å². The van der Waals surface area contributed by atoms with E-state index >= 15 is 0 Å². The molecule has 4 aromatic rings. The summed E-state index contributed by atoms with van der Waals surface area (Å²) in [4.78, 5) is 24.3. The number of Topliss-reactive ketones (excluding diaryl/α,β-unsaturated/α-hetero) is 1. The smallest absolute Gasteiger partial charge is 0.237 e. The molecule has 0 fully saturated rings. The largest absolute Gasteiger partial charge is 0.325 e. The predicted molar refractivity (Wildman–Crippen MR) is 133 cm³/mol. The van der Waals surface area contributed by atoms with Gasteiger partial charge in [-0.1, -0.05) is 61.2 Å². The van der Waals surface area contributed by atoms with E-state index in [-0.39, 0.29) is 16.9 Å². The van der Waals surface area contributed by atoms with Crippen LogP contribution in [0.25, 0.3) is 10.8 Å². The van der Waals surface area contributed by atoms with E-state index in [0.717, 1.165) is 5.82 Å². The lowest BCUT2D eigenvalue weighted by atomic mass is 10.0. The summed E-state index contributed by atoms with van der Waals surface area (Å²) in [5.41, 5.74) is 2.48. The number of carbonyl (C=O) groups is 2. The number of nitrogens with zero attached hydrogens (tertiary/aromatic N) is 3. The molecular weight excluding hydrogens is 432 g/mol. The monoisotopic (exact) mass is 458 g/mol. The standard InChI is InChI=1S/C26H26N4O2S/c1-4-23(25(32)27-21-14-12-18(13-15-21)17(2)31)33-26-29-28-24(30(26)3)16-20-10-7-9-19-8-5-6-11-22(19)20/h5-15,23H,4,16H2,1-3H3,(H,27,32)/t23-/m0/s1. The molecule has 0 spiro atoms. The van der Waals surface area contributed by atoms with E-state index in [1.165, 1.54) is 35.0 Å². The maximum atomic E-state index is 12.9. The number of benzene rings is 3. The van der Waals surface area contributed by atoms with Crippen LogP contribution in [0.3, 0.4) is 0 Å². The van der Waals surface area contributed by atoms with Gasteiger partial charge in [-0.3, -0.25) is 9.59 Å². The fourth-order valence-electron chi connectivity index (χ4n) is 3.68. The van der Waals surface area contributed by atoms with E-state index in [4.69, 9.17) is 0 Å². The van der Waals surface area contributed by atoms with E-state index in [1.54, 1.807) is 24.3 Å². The molecule has 0 aliphatic heterocycles. The second kappa shape index (κ2) is 10.0. The van der Waals surface area contributed by atoms with Crippen molar-refractivity contribution in [2.45, 2.75) is 37.1 Å². The number of aromatic nitrogens is 3. The molecular formula is C26H26N4O2S. The Morgan fingerprint density at radius 2 is 1.73 bits per heavy atom. The summed E-state index contributed by atoms with van der Waals surface area (Å²) in [6, 6.07) is 21.5. The topological polar surface area (TPSA) is 76.9 Å². The number of nitrogens with one attached hydrogen (secondary N) is 1. The lowest BCUT2D eigenvalue weighted by molar-refractivity contribution is -0.115. The molecule has 0 saturated heterocycles. The van der Waals surface area contributed by atoms with Crippen molar-refractivity contribution < 1.29 is 9.59 Å². The van der Waals surface area contributed by atoms with Gasteiger partial charge in [-0.2, -0.15) is 0 Å². The normalized spacial score (nSPS) is 12.0. The zero-order chi connectivity index (χ0) is 23.4. The van der Waals surface area contributed by atoms with Gasteiger partial charge in [-0.05, 0) is 53.9 Å². The van der Waals surface area contributed by atoms with Crippen LogP contribution in [0.5, 0.6) is 0 Å². The molecule has 0 aliphatic rings. The number of carbonyl (C=O) groups excluding carboxylic acids is 2. The SMILES string of the molecule is CC[C@H](Sc1nnc(Cc2cccc3ccccc23)n1C)C(=O)Nc1ccc(C(C)=O)cc1. The molecule has 7 heteroatoms. The van der Waals surface area contributed by atoms with Crippen LogP contribution < -0.4 is 5.32 Å². The van der Waals surface area contributed by atoms with Gasteiger partial charge in [0.2, 0.25) is 5.91 Å². The summed E-state index contributed by atoms with van der Waals surface area (Å²) in [7, 11) is 1.94. The van der Waals surface area contributed by atoms with Crippen molar-refractivity contribution in [3.8, 4) is 0 Å². The van der Waals surface area contributed by atoms with Crippen molar-refractivity contribution in [1.82, 2.24) is 14.8 Å². The van der Waals surface area contributed by atoms with Gasteiger partial charge in [0.05, 0.1) is 5.25 Å². The first kappa shape index (κ1) is 22.7. The number of amides is 1. The number of thioether (sulfide) groups is 1. The van der Waals surface area contributed by atoms with Crippen LogP contribution in [0.4, 0.5) is 5.69 Å². The van der Waals surface area contributed by atoms with Gasteiger partial charge in [0.1, 0.15) is 5.82 Å². The number of hydrogen-bond acceptors (Lipinski definition) is 5. The number of hydrogen-bond donors (Lipinski definition) is 1. The first-order chi connectivity index (χ1) is 16.0. The van der Waals surface area contributed by atoms with Crippen LogP contribution in [-0.2, 0) is 18.3 Å². The van der Waals surface area contributed by atoms with Gasteiger partial charge >= 0.3 is 0 Å². The molecule has 0 unspecified atom stereocenters. The number of ketones is 1. The van der Waals surface area contributed by atoms with Crippen LogP contribution in [-0.4, -0.2) is 31.7 Å². The third-order valence-electron chi connectivity index (χ3n) is 5.62. The van der Waals surface area contributed by atoms with E-state index in [9.17, 15) is 9.59 Å². The average Bonchev–Trinajstić information content (AvgIpc) is 3.16. The second-order valence-corrected chi connectivity index (χ2v) is 9.08. The molecule has 1 N–H and O–H groups in total. The van der Waals surface area contributed by atoms with Gasteiger partial charge in [0, 0.05) is 24.7 Å². The minimum Gasteiger partial charge on any atom is -0.325 e. The van der Waals surface area contributed by atoms with Crippen molar-refractivity contribution in [2.75, 3.05) is 5.32 Å². The Morgan fingerprint density at radius 3 is 2.45 bits per heavy atom. The third kappa shape index (κ3) is 5.14. The Bertz CT molecular complexity index is 1290. The predicted octanol–water partition coefficient (Wildman–Crippen LogP) is 5.27. The number of anilines is 1. The van der Waals surface area contributed by atoms with Crippen molar-refractivity contribution >= 4 is 39.9 Å². The van der Waals surface area contributed by atoms with Crippen LogP contribution in [0.15, 0.2) is 71.9 Å². The van der Waals surface area contributed by atoms with Crippen LogP contribution >= 0.6 is 11.8 Å². The Balaban J connectivity index is 1.46. The highest BCUT2D eigenvalue weighted by Crippen LogP contribution is 2.27. The number of fused-ring (bicyclic) bond motifs is 1. The maximum absolute atomic E-state index is 12.9. The zero-order valence-corrected chi connectivity index (χ0v) is 19.7. The van der Waals surface area contributed by atoms with E-state index < -0.39 is 0 Å². The Morgan fingerprint density at radius 1 is 1.00 bits per heavy atom. The maximum Gasteiger partial charge on any atom is 0.237 e. The first-order valence-corrected chi connectivity index (χ1v) is 11.8. The molecule has 6 nitrogen and oxygen atoms in total. The highest BCUT2D eigenvalue weighted by Gasteiger charge is 2.22. The van der Waals surface area contributed by atoms with Gasteiger partial charge in [-0.15, -0.1) is 10.2 Å². The van der Waals surface area contributed by atoms with Gasteiger partial charge in [0.25, 0.3) is 0 Å². The summed E-state index contributed by atoms with van der Waals surface area (Å²) in [5, 5.41) is 14.5. The second-order valence-electron chi connectivity index (χ2n) is 7.91. The molecule has 1 aromatic heterocycles. The lowest BCUT2D eigenvalue weighted by Crippen LogP contribution is -2.25. The third-order valence-corrected chi connectivity index (χ3v) is 7.02. The van der Waals surface area contributed by atoms with E-state index in [2.05, 4.69) is 45.8 Å². The molecule has 0 aliphatic carbocycles. The zero-order valence-electron chi connectivity index (χ0n) is 18.9. The molecule has 1 atom stereocenters. The van der Waals surface area contributed by atoms with Gasteiger partial charge in [-0.25, -0.2) is 0 Å². The van der Waals surface area contributed by atoms with E-state index in [0.29, 0.717) is 29.2 Å². The molecule has 4 rings (SSSR count). The highest BCUT2D eigenvalue weighted by molar-refractivity contribution is 8.00. The minimum absolute atomic E-state index is 0.00328. The Hall–Kier alpha value is -3.45. The fraction of sp³-hybridized carbons (Fsp3) is 0.231. The average molecular weight is 459 g/mol. The number of rotatable bonds is 8. The summed E-state index contributed by atoms with van der Waals surface area (Å²) in [6.45, 7) is 3.50. The molecule has 0 bridgehead atoms. The van der Waals surface area contributed by atoms with Crippen molar-refractivity contribution in [3.05, 3.63) is 83.7 Å². The molecule has 1 heterocycles.